The Kier molecular flexibility index (Phi) is 5.49. The second-order valence-corrected chi connectivity index (χ2v) is 4.88. The highest BCUT2D eigenvalue weighted by molar-refractivity contribution is 6.03. The molecule has 2 aromatic carbocycles. The monoisotopic (exact) mass is 328 g/mol. The number of hydrogen-bond donors (Lipinski definition) is 1. The first-order valence-corrected chi connectivity index (χ1v) is 7.01. The van der Waals surface area contributed by atoms with Crippen LogP contribution in [-0.2, 0) is 6.54 Å². The second-order valence-electron chi connectivity index (χ2n) is 4.88. The number of hydrogen-bond acceptors (Lipinski definition) is 3. The van der Waals surface area contributed by atoms with Gasteiger partial charge in [0, 0.05) is 30.1 Å². The Balaban J connectivity index is 0.00000192. The molecule has 1 aliphatic rings. The molecule has 5 nitrogen and oxygen atoms in total. The summed E-state index contributed by atoms with van der Waals surface area (Å²) in [4.78, 5) is 16.9. The molecule has 1 aliphatic heterocycles. The lowest BCUT2D eigenvalue weighted by atomic mass is 10.0. The molecule has 0 aliphatic carbocycles. The molecule has 0 amide bonds. The van der Waals surface area contributed by atoms with Gasteiger partial charge in [-0.2, -0.15) is 0 Å². The van der Waals surface area contributed by atoms with E-state index in [2.05, 4.69) is 21.6 Å². The van der Waals surface area contributed by atoms with Crippen molar-refractivity contribution < 1.29 is 0 Å². The largest absolute Gasteiger partial charge is 0.387 e. The van der Waals surface area contributed by atoms with Crippen molar-refractivity contribution in [2.24, 2.45) is 10.2 Å². The zero-order chi connectivity index (χ0) is 15.4. The fraction of sp³-hybridized carbons (Fsp3) is 0.118. The van der Waals surface area contributed by atoms with Crippen molar-refractivity contribution in [3.63, 3.8) is 0 Å². The Morgan fingerprint density at radius 1 is 1.13 bits per heavy atom. The summed E-state index contributed by atoms with van der Waals surface area (Å²) in [6.45, 7) is 0.759. The third-order valence-corrected chi connectivity index (χ3v) is 3.55. The number of halogens is 1. The summed E-state index contributed by atoms with van der Waals surface area (Å²) in [5.41, 5.74) is 4.05. The highest BCUT2D eigenvalue weighted by Gasteiger charge is 2.18. The number of aliphatic imine (C=N–C) groups is 1. The lowest BCUT2D eigenvalue weighted by Crippen LogP contribution is -2.24. The summed E-state index contributed by atoms with van der Waals surface area (Å²) >= 11 is 0. The molecule has 0 fully saturated rings. The van der Waals surface area contributed by atoms with E-state index < -0.39 is 0 Å². The van der Waals surface area contributed by atoms with E-state index >= 15 is 0 Å². The van der Waals surface area contributed by atoms with Gasteiger partial charge in [0.1, 0.15) is 0 Å². The SMILES string of the molecule is CN=C(N=O)N(c1ccccc1)c1ccc2c(c1)CNC=C2.Cl. The molecule has 6 heteroatoms. The smallest absolute Gasteiger partial charge is 0.271 e. The summed E-state index contributed by atoms with van der Waals surface area (Å²) in [5.74, 6) is 0.130. The average molecular weight is 329 g/mol. The molecular formula is C17H17ClN4O. The van der Waals surface area contributed by atoms with E-state index in [-0.39, 0.29) is 18.4 Å². The van der Waals surface area contributed by atoms with Crippen molar-refractivity contribution in [3.8, 4) is 0 Å². The average Bonchev–Trinajstić information content (AvgIpc) is 2.60. The Labute approximate surface area is 141 Å². The third kappa shape index (κ3) is 3.40. The predicted molar refractivity (Wildman–Crippen MR) is 97.3 cm³/mol. The third-order valence-electron chi connectivity index (χ3n) is 3.55. The number of guanidine groups is 1. The Bertz CT molecular complexity index is 744. The highest BCUT2D eigenvalue weighted by Crippen LogP contribution is 2.29. The van der Waals surface area contributed by atoms with Crippen LogP contribution in [0.5, 0.6) is 0 Å². The molecule has 23 heavy (non-hydrogen) atoms. The Hall–Kier alpha value is -2.66. The van der Waals surface area contributed by atoms with Gasteiger partial charge in [-0.05, 0) is 47.7 Å². The number of rotatable bonds is 2. The number of anilines is 2. The van der Waals surface area contributed by atoms with Crippen molar-refractivity contribution in [3.05, 3.63) is 70.8 Å². The minimum absolute atomic E-state index is 0. The zero-order valence-electron chi connectivity index (χ0n) is 12.6. The zero-order valence-corrected chi connectivity index (χ0v) is 13.5. The van der Waals surface area contributed by atoms with Crippen molar-refractivity contribution in [2.75, 3.05) is 11.9 Å². The molecule has 118 valence electrons. The van der Waals surface area contributed by atoms with Crippen LogP contribution in [0.1, 0.15) is 11.1 Å². The van der Waals surface area contributed by atoms with Gasteiger partial charge in [-0.1, -0.05) is 24.3 Å². The molecule has 0 radical (unpaired) electrons. The summed E-state index contributed by atoms with van der Waals surface area (Å²) < 4.78 is 0. The summed E-state index contributed by atoms with van der Waals surface area (Å²) in [6, 6.07) is 15.7. The number of nitrogens with one attached hydrogen (secondary N) is 1. The van der Waals surface area contributed by atoms with E-state index in [9.17, 15) is 4.91 Å². The van der Waals surface area contributed by atoms with Gasteiger partial charge in [-0.3, -0.25) is 9.89 Å². The molecule has 0 saturated carbocycles. The van der Waals surface area contributed by atoms with Crippen LogP contribution in [0.2, 0.25) is 0 Å². The van der Waals surface area contributed by atoms with Crippen molar-refractivity contribution >= 4 is 35.8 Å². The van der Waals surface area contributed by atoms with Crippen LogP contribution >= 0.6 is 12.4 Å². The first-order valence-electron chi connectivity index (χ1n) is 7.01. The van der Waals surface area contributed by atoms with Crippen molar-refractivity contribution in [2.45, 2.75) is 6.54 Å². The molecule has 0 unspecified atom stereocenters. The molecular weight excluding hydrogens is 312 g/mol. The minimum atomic E-state index is 0. The number of para-hydroxylation sites is 1. The molecule has 0 bridgehead atoms. The molecule has 1 heterocycles. The maximum Gasteiger partial charge on any atom is 0.271 e. The van der Waals surface area contributed by atoms with E-state index in [1.807, 2.05) is 54.7 Å². The van der Waals surface area contributed by atoms with Crippen LogP contribution in [0, 0.1) is 4.91 Å². The molecule has 0 saturated heterocycles. The fourth-order valence-corrected chi connectivity index (χ4v) is 2.50. The predicted octanol–water partition coefficient (Wildman–Crippen LogP) is 4.07. The lowest BCUT2D eigenvalue weighted by Gasteiger charge is -2.24. The minimum Gasteiger partial charge on any atom is -0.387 e. The van der Waals surface area contributed by atoms with Crippen LogP contribution < -0.4 is 10.2 Å². The van der Waals surface area contributed by atoms with E-state index in [1.54, 1.807) is 11.9 Å². The van der Waals surface area contributed by atoms with Gasteiger partial charge >= 0.3 is 0 Å². The van der Waals surface area contributed by atoms with Crippen LogP contribution in [0.3, 0.4) is 0 Å². The summed E-state index contributed by atoms with van der Waals surface area (Å²) in [5, 5.41) is 6.26. The van der Waals surface area contributed by atoms with E-state index in [0.29, 0.717) is 0 Å². The molecule has 0 spiro atoms. The van der Waals surface area contributed by atoms with Gasteiger partial charge in [-0.15, -0.1) is 17.3 Å². The second kappa shape index (κ2) is 7.56. The number of nitrogens with zero attached hydrogens (tertiary/aromatic N) is 3. The number of nitroso groups, excluding NO2 is 1. The van der Waals surface area contributed by atoms with Gasteiger partial charge in [0.15, 0.2) is 0 Å². The molecule has 2 aromatic rings. The van der Waals surface area contributed by atoms with Crippen molar-refractivity contribution in [1.82, 2.24) is 5.32 Å². The topological polar surface area (TPSA) is 57.1 Å². The first kappa shape index (κ1) is 16.7. The van der Waals surface area contributed by atoms with Gasteiger partial charge < -0.3 is 5.32 Å². The van der Waals surface area contributed by atoms with Gasteiger partial charge in [0.05, 0.1) is 0 Å². The Morgan fingerprint density at radius 3 is 2.61 bits per heavy atom. The highest BCUT2D eigenvalue weighted by atomic mass is 35.5. The Morgan fingerprint density at radius 2 is 1.91 bits per heavy atom. The van der Waals surface area contributed by atoms with Crippen LogP contribution in [0.15, 0.2) is 64.9 Å². The van der Waals surface area contributed by atoms with E-state index in [4.69, 9.17) is 0 Å². The normalized spacial score (nSPS) is 12.7. The van der Waals surface area contributed by atoms with Crippen LogP contribution in [0.25, 0.3) is 6.08 Å². The van der Waals surface area contributed by atoms with Gasteiger partial charge in [0.2, 0.25) is 0 Å². The van der Waals surface area contributed by atoms with Gasteiger partial charge in [-0.25, -0.2) is 0 Å². The molecule has 3 rings (SSSR count). The fourth-order valence-electron chi connectivity index (χ4n) is 2.50. The number of fused-ring (bicyclic) bond motifs is 1. The summed E-state index contributed by atoms with van der Waals surface area (Å²) in [6.07, 6.45) is 3.96. The number of benzene rings is 2. The maximum absolute atomic E-state index is 11.2. The standard InChI is InChI=1S/C17H16N4O.ClH/c1-18-17(20-22)21(15-5-3-2-4-6-15)16-8-7-13-9-10-19-12-14(13)11-16;/h2-11,19H,12H2,1H3;1H. The summed E-state index contributed by atoms with van der Waals surface area (Å²) in [7, 11) is 1.56. The van der Waals surface area contributed by atoms with E-state index in [0.717, 1.165) is 17.9 Å². The van der Waals surface area contributed by atoms with E-state index in [1.165, 1.54) is 11.1 Å². The quantitative estimate of drug-likeness (QED) is 0.513. The molecule has 1 N–H and O–H groups in total. The van der Waals surface area contributed by atoms with Crippen LogP contribution in [0.4, 0.5) is 11.4 Å². The lowest BCUT2D eigenvalue weighted by molar-refractivity contribution is 0.859. The van der Waals surface area contributed by atoms with Crippen LogP contribution in [-0.4, -0.2) is 13.0 Å². The molecule has 0 aromatic heterocycles. The maximum atomic E-state index is 11.2. The van der Waals surface area contributed by atoms with Crippen molar-refractivity contribution in [1.29, 1.82) is 0 Å². The molecule has 0 atom stereocenters. The van der Waals surface area contributed by atoms with Gasteiger partial charge in [0.25, 0.3) is 5.96 Å². The first-order chi connectivity index (χ1) is 10.8.